The van der Waals surface area contributed by atoms with E-state index < -0.39 is 5.60 Å². The molecule has 96 valence electrons. The maximum absolute atomic E-state index is 12.1. The number of nitrogens with zero attached hydrogens (tertiary/aromatic N) is 1. The maximum Gasteiger partial charge on any atom is 0.411 e. The molecule has 1 aromatic carbocycles. The zero-order valence-corrected chi connectivity index (χ0v) is 11.2. The Morgan fingerprint density at radius 2 is 2.06 bits per heavy atom. The van der Waals surface area contributed by atoms with E-state index in [9.17, 15) is 4.79 Å². The summed E-state index contributed by atoms with van der Waals surface area (Å²) < 4.78 is 5.69. The molecule has 0 spiro atoms. The minimum absolute atomic E-state index is 0.170. The Hall–Kier alpha value is -1.51. The van der Waals surface area contributed by atoms with Crippen molar-refractivity contribution in [2.75, 3.05) is 6.54 Å². The molecule has 0 radical (unpaired) electrons. The number of carbonyl (C=O) groups is 1. The lowest BCUT2D eigenvalue weighted by molar-refractivity contribution is -0.00115. The molecule has 1 aromatic rings. The van der Waals surface area contributed by atoms with E-state index in [2.05, 4.69) is 32.0 Å². The molecule has 1 amide bonds. The van der Waals surface area contributed by atoms with Crippen LogP contribution in [-0.2, 0) is 16.7 Å². The highest BCUT2D eigenvalue weighted by molar-refractivity contribution is 5.74. The van der Waals surface area contributed by atoms with Crippen molar-refractivity contribution in [2.24, 2.45) is 0 Å². The summed E-state index contributed by atoms with van der Waals surface area (Å²) in [5.74, 6) is 0. The lowest BCUT2D eigenvalue weighted by Gasteiger charge is -2.45. The lowest BCUT2D eigenvalue weighted by Crippen LogP contribution is -2.55. The van der Waals surface area contributed by atoms with Crippen LogP contribution in [0.4, 0.5) is 4.79 Å². The molecule has 1 fully saturated rings. The molecule has 0 aliphatic carbocycles. The van der Waals surface area contributed by atoms with Gasteiger partial charge in [0.1, 0.15) is 11.1 Å². The second-order valence-corrected chi connectivity index (χ2v) is 5.58. The first-order valence-electron chi connectivity index (χ1n) is 6.62. The summed E-state index contributed by atoms with van der Waals surface area (Å²) in [7, 11) is 0. The summed E-state index contributed by atoms with van der Waals surface area (Å²) in [5.41, 5.74) is 1.80. The van der Waals surface area contributed by atoms with Gasteiger partial charge < -0.3 is 4.74 Å². The van der Waals surface area contributed by atoms with Crippen LogP contribution in [-0.4, -0.2) is 23.1 Å². The fraction of sp³-hybridized carbons (Fsp3) is 0.533. The molecule has 2 aliphatic heterocycles. The number of ether oxygens (including phenoxy) is 1. The van der Waals surface area contributed by atoms with E-state index in [1.54, 1.807) is 0 Å². The fourth-order valence-electron chi connectivity index (χ4n) is 3.42. The van der Waals surface area contributed by atoms with Crippen LogP contribution in [0.5, 0.6) is 0 Å². The standard InChI is InChI=1S/C15H19NO2/c1-4-14(2)15(3)12-8-6-5-7-11(12)9-10-16(15)13(17)18-14/h5-8H,4,9-10H2,1-3H3/t14-,15-/m1/s1. The van der Waals surface area contributed by atoms with E-state index in [0.29, 0.717) is 0 Å². The van der Waals surface area contributed by atoms with Crippen molar-refractivity contribution in [3.8, 4) is 0 Å². The van der Waals surface area contributed by atoms with E-state index in [4.69, 9.17) is 4.74 Å². The maximum atomic E-state index is 12.1. The number of cyclic esters (lactones) is 1. The summed E-state index contributed by atoms with van der Waals surface area (Å²) in [6.07, 6.45) is 1.57. The summed E-state index contributed by atoms with van der Waals surface area (Å²) in [5, 5.41) is 0. The van der Waals surface area contributed by atoms with Gasteiger partial charge in [0.25, 0.3) is 0 Å². The molecule has 0 bridgehead atoms. The van der Waals surface area contributed by atoms with Gasteiger partial charge in [0, 0.05) is 6.54 Å². The molecule has 18 heavy (non-hydrogen) atoms. The minimum Gasteiger partial charge on any atom is -0.440 e. The molecule has 0 unspecified atom stereocenters. The first-order valence-corrected chi connectivity index (χ1v) is 6.62. The van der Waals surface area contributed by atoms with E-state index >= 15 is 0 Å². The van der Waals surface area contributed by atoms with Gasteiger partial charge in [-0.2, -0.15) is 0 Å². The third-order valence-electron chi connectivity index (χ3n) is 4.92. The van der Waals surface area contributed by atoms with Crippen LogP contribution in [0.15, 0.2) is 24.3 Å². The minimum atomic E-state index is -0.444. The smallest absolute Gasteiger partial charge is 0.411 e. The second-order valence-electron chi connectivity index (χ2n) is 5.58. The Kier molecular flexibility index (Phi) is 2.25. The molecular formula is C15H19NO2. The number of rotatable bonds is 1. The van der Waals surface area contributed by atoms with E-state index in [0.717, 1.165) is 19.4 Å². The first kappa shape index (κ1) is 11.6. The quantitative estimate of drug-likeness (QED) is 0.761. The molecule has 3 heteroatoms. The fourth-order valence-corrected chi connectivity index (χ4v) is 3.42. The van der Waals surface area contributed by atoms with Crippen molar-refractivity contribution in [1.29, 1.82) is 0 Å². The third-order valence-corrected chi connectivity index (χ3v) is 4.92. The normalized spacial score (nSPS) is 33.9. The largest absolute Gasteiger partial charge is 0.440 e. The Morgan fingerprint density at radius 1 is 1.33 bits per heavy atom. The number of hydrogen-bond acceptors (Lipinski definition) is 2. The number of hydrogen-bond donors (Lipinski definition) is 0. The van der Waals surface area contributed by atoms with Crippen molar-refractivity contribution in [1.82, 2.24) is 4.90 Å². The van der Waals surface area contributed by atoms with E-state index in [1.165, 1.54) is 11.1 Å². The van der Waals surface area contributed by atoms with Crippen molar-refractivity contribution < 1.29 is 9.53 Å². The van der Waals surface area contributed by atoms with Crippen LogP contribution in [0.25, 0.3) is 0 Å². The second kappa shape index (κ2) is 3.50. The monoisotopic (exact) mass is 245 g/mol. The van der Waals surface area contributed by atoms with Gasteiger partial charge in [-0.1, -0.05) is 31.2 Å². The van der Waals surface area contributed by atoms with Crippen LogP contribution in [0.3, 0.4) is 0 Å². The Labute approximate surface area is 108 Å². The van der Waals surface area contributed by atoms with Gasteiger partial charge in [-0.3, -0.25) is 4.90 Å². The SMILES string of the molecule is CC[C@@]1(C)OC(=O)N2CCc3ccccc3[C@@]21C. The van der Waals surface area contributed by atoms with Gasteiger partial charge >= 0.3 is 6.09 Å². The summed E-state index contributed by atoms with van der Waals surface area (Å²) in [4.78, 5) is 14.0. The average molecular weight is 245 g/mol. The predicted molar refractivity (Wildman–Crippen MR) is 69.4 cm³/mol. The van der Waals surface area contributed by atoms with Crippen LogP contribution >= 0.6 is 0 Å². The molecule has 2 aliphatic rings. The average Bonchev–Trinajstić information content (AvgIpc) is 2.58. The lowest BCUT2D eigenvalue weighted by atomic mass is 9.71. The van der Waals surface area contributed by atoms with Gasteiger partial charge in [0.15, 0.2) is 0 Å². The van der Waals surface area contributed by atoms with Gasteiger partial charge in [-0.15, -0.1) is 0 Å². The molecular weight excluding hydrogens is 226 g/mol. The molecule has 1 saturated heterocycles. The van der Waals surface area contributed by atoms with E-state index in [1.807, 2.05) is 17.9 Å². The van der Waals surface area contributed by atoms with Crippen molar-refractivity contribution >= 4 is 6.09 Å². The number of fused-ring (bicyclic) bond motifs is 3. The van der Waals surface area contributed by atoms with Crippen molar-refractivity contribution in [3.63, 3.8) is 0 Å². The molecule has 3 rings (SSSR count). The summed E-state index contributed by atoms with van der Waals surface area (Å²) in [6.45, 7) is 7.02. The molecule has 3 nitrogen and oxygen atoms in total. The Morgan fingerprint density at radius 3 is 2.78 bits per heavy atom. The molecule has 0 saturated carbocycles. The number of carbonyl (C=O) groups excluding carboxylic acids is 1. The Bertz CT molecular complexity index is 513. The van der Waals surface area contributed by atoms with E-state index in [-0.39, 0.29) is 11.6 Å². The molecule has 0 aromatic heterocycles. The Balaban J connectivity index is 2.23. The predicted octanol–water partition coefficient (Wildman–Crippen LogP) is 3.08. The van der Waals surface area contributed by atoms with Crippen molar-refractivity contribution in [2.45, 2.75) is 44.8 Å². The van der Waals surface area contributed by atoms with Crippen molar-refractivity contribution in [3.05, 3.63) is 35.4 Å². The molecule has 2 heterocycles. The highest BCUT2D eigenvalue weighted by Gasteiger charge is 2.61. The number of benzene rings is 1. The molecule has 2 atom stereocenters. The van der Waals surface area contributed by atoms with Crippen LogP contribution in [0, 0.1) is 0 Å². The summed E-state index contributed by atoms with van der Waals surface area (Å²) >= 11 is 0. The number of amides is 1. The first-order chi connectivity index (χ1) is 8.53. The van der Waals surface area contributed by atoms with Crippen LogP contribution in [0.2, 0.25) is 0 Å². The zero-order chi connectivity index (χ0) is 13.0. The van der Waals surface area contributed by atoms with Gasteiger partial charge in [0.05, 0.1) is 0 Å². The highest BCUT2D eigenvalue weighted by Crippen LogP contribution is 2.51. The van der Waals surface area contributed by atoms with Gasteiger partial charge in [-0.25, -0.2) is 4.79 Å². The van der Waals surface area contributed by atoms with Gasteiger partial charge in [-0.05, 0) is 37.8 Å². The third kappa shape index (κ3) is 1.17. The molecule has 0 N–H and O–H groups in total. The van der Waals surface area contributed by atoms with Crippen LogP contribution in [0.1, 0.15) is 38.3 Å². The van der Waals surface area contributed by atoms with Gasteiger partial charge in [0.2, 0.25) is 0 Å². The zero-order valence-electron chi connectivity index (χ0n) is 11.2. The van der Waals surface area contributed by atoms with Crippen LogP contribution < -0.4 is 0 Å². The summed E-state index contributed by atoms with van der Waals surface area (Å²) in [6, 6.07) is 8.42. The topological polar surface area (TPSA) is 29.5 Å². The highest BCUT2D eigenvalue weighted by atomic mass is 16.6.